The molecule has 0 amide bonds. The Labute approximate surface area is 98.0 Å². The van der Waals surface area contributed by atoms with Crippen LogP contribution in [0, 0.1) is 5.92 Å². The summed E-state index contributed by atoms with van der Waals surface area (Å²) in [6, 6.07) is 0.849. The van der Waals surface area contributed by atoms with E-state index in [0.29, 0.717) is 18.0 Å². The summed E-state index contributed by atoms with van der Waals surface area (Å²) in [5, 5.41) is 12.2. The Morgan fingerprint density at radius 2 is 2.19 bits per heavy atom. The molecule has 0 aromatic heterocycles. The van der Waals surface area contributed by atoms with E-state index in [9.17, 15) is 4.79 Å². The second-order valence-corrected chi connectivity index (χ2v) is 5.14. The van der Waals surface area contributed by atoms with Crippen LogP contribution in [0.4, 0.5) is 0 Å². The van der Waals surface area contributed by atoms with Crippen molar-refractivity contribution in [3.63, 3.8) is 0 Å². The van der Waals surface area contributed by atoms with E-state index in [-0.39, 0.29) is 6.42 Å². The van der Waals surface area contributed by atoms with Gasteiger partial charge in [-0.05, 0) is 32.7 Å². The van der Waals surface area contributed by atoms with E-state index in [0.717, 1.165) is 26.1 Å². The molecule has 2 unspecified atom stereocenters. The average molecular weight is 228 g/mol. The zero-order chi connectivity index (χ0) is 12.1. The Bertz CT molecular complexity index is 231. The van der Waals surface area contributed by atoms with Crippen molar-refractivity contribution in [1.29, 1.82) is 0 Å². The van der Waals surface area contributed by atoms with Crippen LogP contribution in [-0.4, -0.2) is 47.7 Å². The van der Waals surface area contributed by atoms with Crippen molar-refractivity contribution in [2.45, 2.75) is 45.7 Å². The van der Waals surface area contributed by atoms with Gasteiger partial charge in [-0.1, -0.05) is 6.92 Å². The van der Waals surface area contributed by atoms with Gasteiger partial charge in [0.25, 0.3) is 0 Å². The number of rotatable bonds is 4. The van der Waals surface area contributed by atoms with Gasteiger partial charge >= 0.3 is 5.97 Å². The molecule has 0 aromatic rings. The van der Waals surface area contributed by atoms with Crippen molar-refractivity contribution in [3.8, 4) is 0 Å². The van der Waals surface area contributed by atoms with Crippen molar-refractivity contribution in [1.82, 2.24) is 10.2 Å². The number of hydrogen-bond acceptors (Lipinski definition) is 3. The summed E-state index contributed by atoms with van der Waals surface area (Å²) in [6.45, 7) is 9.62. The number of hydrogen-bond donors (Lipinski definition) is 2. The highest BCUT2D eigenvalue weighted by Crippen LogP contribution is 2.16. The molecular weight excluding hydrogens is 204 g/mol. The summed E-state index contributed by atoms with van der Waals surface area (Å²) >= 11 is 0. The lowest BCUT2D eigenvalue weighted by Gasteiger charge is -2.34. The van der Waals surface area contributed by atoms with Gasteiger partial charge in [0, 0.05) is 31.6 Å². The molecule has 0 aromatic carbocycles. The first-order chi connectivity index (χ1) is 7.50. The molecule has 0 saturated carbocycles. The topological polar surface area (TPSA) is 52.6 Å². The lowest BCUT2D eigenvalue weighted by Crippen LogP contribution is -2.44. The van der Waals surface area contributed by atoms with Crippen LogP contribution in [0.1, 0.15) is 33.6 Å². The van der Waals surface area contributed by atoms with E-state index in [4.69, 9.17) is 5.11 Å². The van der Waals surface area contributed by atoms with Crippen molar-refractivity contribution >= 4 is 5.97 Å². The molecule has 4 nitrogen and oxygen atoms in total. The van der Waals surface area contributed by atoms with Crippen molar-refractivity contribution in [3.05, 3.63) is 0 Å². The van der Waals surface area contributed by atoms with Gasteiger partial charge in [-0.3, -0.25) is 9.69 Å². The second-order valence-electron chi connectivity index (χ2n) is 5.14. The van der Waals surface area contributed by atoms with Crippen LogP contribution in [0.15, 0.2) is 0 Å². The number of aliphatic carboxylic acids is 1. The van der Waals surface area contributed by atoms with E-state index in [1.165, 1.54) is 0 Å². The monoisotopic (exact) mass is 228 g/mol. The van der Waals surface area contributed by atoms with Crippen LogP contribution in [0.3, 0.4) is 0 Å². The smallest absolute Gasteiger partial charge is 0.303 e. The van der Waals surface area contributed by atoms with Gasteiger partial charge in [0.2, 0.25) is 0 Å². The molecule has 1 saturated heterocycles. The zero-order valence-electron chi connectivity index (χ0n) is 10.6. The third-order valence-electron chi connectivity index (χ3n) is 3.22. The van der Waals surface area contributed by atoms with Crippen LogP contribution < -0.4 is 5.32 Å². The molecule has 1 heterocycles. The number of nitrogens with zero attached hydrogens (tertiary/aromatic N) is 1. The third-order valence-corrected chi connectivity index (χ3v) is 3.22. The Morgan fingerprint density at radius 3 is 2.75 bits per heavy atom. The minimum atomic E-state index is -0.694. The fourth-order valence-corrected chi connectivity index (χ4v) is 2.38. The first kappa shape index (κ1) is 13.5. The number of carboxylic acid groups (broad SMARTS) is 1. The third kappa shape index (κ3) is 4.10. The van der Waals surface area contributed by atoms with E-state index in [1.54, 1.807) is 0 Å². The number of carboxylic acids is 1. The van der Waals surface area contributed by atoms with E-state index in [1.807, 2.05) is 0 Å². The minimum Gasteiger partial charge on any atom is -0.481 e. The second kappa shape index (κ2) is 6.21. The molecule has 0 spiro atoms. The SMILES string of the molecule is CC1CNCC(CCC(=O)O)N(C(C)C)C1. The van der Waals surface area contributed by atoms with E-state index >= 15 is 0 Å². The van der Waals surface area contributed by atoms with Crippen LogP contribution >= 0.6 is 0 Å². The van der Waals surface area contributed by atoms with Gasteiger partial charge in [-0.25, -0.2) is 0 Å². The lowest BCUT2D eigenvalue weighted by molar-refractivity contribution is -0.137. The fourth-order valence-electron chi connectivity index (χ4n) is 2.38. The molecule has 2 N–H and O–H groups in total. The minimum absolute atomic E-state index is 0.268. The lowest BCUT2D eigenvalue weighted by atomic mass is 10.1. The zero-order valence-corrected chi connectivity index (χ0v) is 10.6. The Hall–Kier alpha value is -0.610. The maximum atomic E-state index is 10.6. The van der Waals surface area contributed by atoms with Crippen molar-refractivity contribution in [2.24, 2.45) is 5.92 Å². The van der Waals surface area contributed by atoms with Gasteiger partial charge < -0.3 is 10.4 Å². The predicted octanol–water partition coefficient (Wildman–Crippen LogP) is 1.17. The molecule has 1 aliphatic heterocycles. The highest BCUT2D eigenvalue weighted by Gasteiger charge is 2.25. The Morgan fingerprint density at radius 1 is 1.50 bits per heavy atom. The van der Waals surface area contributed by atoms with Crippen LogP contribution in [0.2, 0.25) is 0 Å². The molecule has 94 valence electrons. The van der Waals surface area contributed by atoms with Crippen LogP contribution in [-0.2, 0) is 4.79 Å². The molecule has 0 aliphatic carbocycles. The first-order valence-corrected chi connectivity index (χ1v) is 6.19. The molecule has 1 aliphatic rings. The molecule has 4 heteroatoms. The van der Waals surface area contributed by atoms with E-state index < -0.39 is 5.97 Å². The predicted molar refractivity (Wildman–Crippen MR) is 64.5 cm³/mol. The Balaban J connectivity index is 2.58. The summed E-state index contributed by atoms with van der Waals surface area (Å²) in [7, 11) is 0. The van der Waals surface area contributed by atoms with E-state index in [2.05, 4.69) is 31.0 Å². The maximum Gasteiger partial charge on any atom is 0.303 e. The molecular formula is C12H24N2O2. The fraction of sp³-hybridized carbons (Fsp3) is 0.917. The molecule has 0 bridgehead atoms. The molecule has 1 rings (SSSR count). The molecule has 2 atom stereocenters. The standard InChI is InChI=1S/C12H24N2O2/c1-9(2)14-8-10(3)6-13-7-11(14)4-5-12(15)16/h9-11,13H,4-8H2,1-3H3,(H,15,16). The van der Waals surface area contributed by atoms with Crippen LogP contribution in [0.25, 0.3) is 0 Å². The van der Waals surface area contributed by atoms with Gasteiger partial charge in [-0.2, -0.15) is 0 Å². The summed E-state index contributed by atoms with van der Waals surface area (Å²) in [4.78, 5) is 13.1. The number of carbonyl (C=O) groups is 1. The van der Waals surface area contributed by atoms with Crippen molar-refractivity contribution in [2.75, 3.05) is 19.6 Å². The maximum absolute atomic E-state index is 10.6. The quantitative estimate of drug-likeness (QED) is 0.758. The first-order valence-electron chi connectivity index (χ1n) is 6.19. The van der Waals surface area contributed by atoms with Crippen LogP contribution in [0.5, 0.6) is 0 Å². The largest absolute Gasteiger partial charge is 0.481 e. The highest BCUT2D eigenvalue weighted by atomic mass is 16.4. The number of nitrogens with one attached hydrogen (secondary N) is 1. The normalized spacial score (nSPS) is 28.0. The van der Waals surface area contributed by atoms with Gasteiger partial charge in [0.05, 0.1) is 0 Å². The summed E-state index contributed by atoms with van der Waals surface area (Å²) in [6.07, 6.45) is 1.01. The molecule has 0 radical (unpaired) electrons. The van der Waals surface area contributed by atoms with Gasteiger partial charge in [0.15, 0.2) is 0 Å². The van der Waals surface area contributed by atoms with Gasteiger partial charge in [0.1, 0.15) is 0 Å². The molecule has 1 fully saturated rings. The van der Waals surface area contributed by atoms with Crippen molar-refractivity contribution < 1.29 is 9.90 Å². The molecule has 16 heavy (non-hydrogen) atoms. The Kier molecular flexibility index (Phi) is 5.22. The summed E-state index contributed by atoms with van der Waals surface area (Å²) < 4.78 is 0. The average Bonchev–Trinajstić information content (AvgIpc) is 2.37. The highest BCUT2D eigenvalue weighted by molar-refractivity contribution is 5.66. The van der Waals surface area contributed by atoms with Gasteiger partial charge in [-0.15, -0.1) is 0 Å². The summed E-state index contributed by atoms with van der Waals surface area (Å²) in [5.74, 6) is -0.0572. The summed E-state index contributed by atoms with van der Waals surface area (Å²) in [5.41, 5.74) is 0.